The Morgan fingerprint density at radius 3 is 2.43 bits per heavy atom. The second-order valence-electron chi connectivity index (χ2n) is 5.20. The Kier molecular flexibility index (Phi) is 6.41. The number of aromatic nitrogens is 1. The maximum Gasteiger partial charge on any atom is 0.220 e. The Balaban J connectivity index is 1.66. The van der Waals surface area contributed by atoms with Crippen LogP contribution in [0.2, 0.25) is 0 Å². The third kappa shape index (κ3) is 5.62. The van der Waals surface area contributed by atoms with Gasteiger partial charge in [-0.2, -0.15) is 0 Å². The number of hydrogen-bond donors (Lipinski definition) is 1. The van der Waals surface area contributed by atoms with E-state index in [1.165, 1.54) is 0 Å². The number of benzene rings is 1. The van der Waals surface area contributed by atoms with Crippen molar-refractivity contribution in [3.8, 4) is 11.5 Å². The molecule has 1 atom stereocenters. The van der Waals surface area contributed by atoms with E-state index in [4.69, 9.17) is 9.47 Å². The van der Waals surface area contributed by atoms with Crippen molar-refractivity contribution in [2.75, 3.05) is 13.7 Å². The average Bonchev–Trinajstić information content (AvgIpc) is 2.60. The van der Waals surface area contributed by atoms with Gasteiger partial charge < -0.3 is 14.8 Å². The van der Waals surface area contributed by atoms with E-state index >= 15 is 0 Å². The van der Waals surface area contributed by atoms with Gasteiger partial charge in [-0.25, -0.2) is 0 Å². The third-order valence-corrected chi connectivity index (χ3v) is 3.46. The van der Waals surface area contributed by atoms with Crippen molar-refractivity contribution in [2.24, 2.45) is 0 Å². The number of pyridine rings is 1. The van der Waals surface area contributed by atoms with Gasteiger partial charge in [0, 0.05) is 18.8 Å². The molecule has 0 aliphatic carbocycles. The molecule has 5 nitrogen and oxygen atoms in total. The van der Waals surface area contributed by atoms with Crippen LogP contribution in [0.15, 0.2) is 48.8 Å². The molecular weight excluding hydrogens is 292 g/mol. The molecule has 0 spiro atoms. The minimum absolute atomic E-state index is 0.0204. The summed E-state index contributed by atoms with van der Waals surface area (Å²) in [4.78, 5) is 15.9. The second kappa shape index (κ2) is 8.78. The van der Waals surface area contributed by atoms with Crippen LogP contribution in [0.5, 0.6) is 11.5 Å². The SMILES string of the molecule is COc1ccc(OCCCC(=O)N[C@H](C)c2ccncc2)cc1. The largest absolute Gasteiger partial charge is 0.497 e. The smallest absolute Gasteiger partial charge is 0.220 e. The van der Waals surface area contributed by atoms with Crippen LogP contribution in [-0.2, 0) is 4.79 Å². The van der Waals surface area contributed by atoms with E-state index in [2.05, 4.69) is 10.3 Å². The van der Waals surface area contributed by atoms with Crippen molar-refractivity contribution in [2.45, 2.75) is 25.8 Å². The highest BCUT2D eigenvalue weighted by atomic mass is 16.5. The quantitative estimate of drug-likeness (QED) is 0.761. The summed E-state index contributed by atoms with van der Waals surface area (Å²) in [5.74, 6) is 1.59. The van der Waals surface area contributed by atoms with Gasteiger partial charge in [-0.1, -0.05) is 0 Å². The van der Waals surface area contributed by atoms with Crippen LogP contribution in [0.1, 0.15) is 31.4 Å². The Morgan fingerprint density at radius 1 is 1.13 bits per heavy atom. The van der Waals surface area contributed by atoms with Gasteiger partial charge >= 0.3 is 0 Å². The number of nitrogens with zero attached hydrogens (tertiary/aromatic N) is 1. The molecule has 1 aromatic carbocycles. The minimum atomic E-state index is -0.0204. The van der Waals surface area contributed by atoms with Crippen molar-refractivity contribution in [1.82, 2.24) is 10.3 Å². The van der Waals surface area contributed by atoms with Crippen molar-refractivity contribution >= 4 is 5.91 Å². The highest BCUT2D eigenvalue weighted by Gasteiger charge is 2.09. The fraction of sp³-hybridized carbons (Fsp3) is 0.333. The van der Waals surface area contributed by atoms with Crippen molar-refractivity contribution in [3.05, 3.63) is 54.4 Å². The molecule has 0 saturated carbocycles. The molecule has 0 fully saturated rings. The summed E-state index contributed by atoms with van der Waals surface area (Å²) in [7, 11) is 1.63. The number of carbonyl (C=O) groups excluding carboxylic acids is 1. The first-order valence-electron chi connectivity index (χ1n) is 7.65. The second-order valence-corrected chi connectivity index (χ2v) is 5.20. The number of ether oxygens (including phenoxy) is 2. The maximum atomic E-state index is 11.9. The number of amides is 1. The summed E-state index contributed by atoms with van der Waals surface area (Å²) < 4.78 is 10.7. The molecule has 2 aromatic rings. The van der Waals surface area contributed by atoms with E-state index in [-0.39, 0.29) is 11.9 Å². The molecule has 0 aliphatic rings. The molecule has 1 heterocycles. The van der Waals surface area contributed by atoms with Gasteiger partial charge in [0.15, 0.2) is 0 Å². The maximum absolute atomic E-state index is 11.9. The number of nitrogens with one attached hydrogen (secondary N) is 1. The van der Waals surface area contributed by atoms with Crippen LogP contribution in [0.4, 0.5) is 0 Å². The number of hydrogen-bond acceptors (Lipinski definition) is 4. The van der Waals surface area contributed by atoms with Crippen LogP contribution in [0.25, 0.3) is 0 Å². The number of carbonyl (C=O) groups is 1. The summed E-state index contributed by atoms with van der Waals surface area (Å²) in [6.07, 6.45) is 4.55. The number of rotatable bonds is 8. The van der Waals surface area contributed by atoms with Crippen LogP contribution < -0.4 is 14.8 Å². The van der Waals surface area contributed by atoms with E-state index in [1.807, 2.05) is 43.3 Å². The molecule has 2 rings (SSSR count). The summed E-state index contributed by atoms with van der Waals surface area (Å²) in [5, 5.41) is 2.97. The van der Waals surface area contributed by atoms with Crippen LogP contribution >= 0.6 is 0 Å². The van der Waals surface area contributed by atoms with Crippen molar-refractivity contribution in [1.29, 1.82) is 0 Å². The van der Waals surface area contributed by atoms with Crippen molar-refractivity contribution in [3.63, 3.8) is 0 Å². The molecule has 0 radical (unpaired) electrons. The van der Waals surface area contributed by atoms with Crippen LogP contribution in [-0.4, -0.2) is 24.6 Å². The molecule has 0 aliphatic heterocycles. The predicted octanol–water partition coefficient (Wildman–Crippen LogP) is 3.13. The van der Waals surface area contributed by atoms with E-state index in [0.717, 1.165) is 17.1 Å². The van der Waals surface area contributed by atoms with Gasteiger partial charge in [0.25, 0.3) is 0 Å². The first-order valence-corrected chi connectivity index (χ1v) is 7.65. The van der Waals surface area contributed by atoms with Crippen LogP contribution in [0.3, 0.4) is 0 Å². The van der Waals surface area contributed by atoms with Gasteiger partial charge in [-0.05, 0) is 55.3 Å². The van der Waals surface area contributed by atoms with E-state index in [9.17, 15) is 4.79 Å². The third-order valence-electron chi connectivity index (χ3n) is 3.46. The highest BCUT2D eigenvalue weighted by molar-refractivity contribution is 5.76. The highest BCUT2D eigenvalue weighted by Crippen LogP contribution is 2.17. The lowest BCUT2D eigenvalue weighted by Gasteiger charge is -2.14. The Bertz CT molecular complexity index is 599. The molecule has 1 aromatic heterocycles. The molecule has 0 unspecified atom stereocenters. The lowest BCUT2D eigenvalue weighted by Crippen LogP contribution is -2.26. The zero-order valence-electron chi connectivity index (χ0n) is 13.5. The molecular formula is C18H22N2O3. The summed E-state index contributed by atoms with van der Waals surface area (Å²) in [6.45, 7) is 2.46. The molecule has 0 bridgehead atoms. The van der Waals surface area contributed by atoms with Gasteiger partial charge in [-0.15, -0.1) is 0 Å². The minimum Gasteiger partial charge on any atom is -0.497 e. The van der Waals surface area contributed by atoms with Crippen LogP contribution in [0, 0.1) is 0 Å². The first-order chi connectivity index (χ1) is 11.2. The monoisotopic (exact) mass is 314 g/mol. The summed E-state index contributed by atoms with van der Waals surface area (Å²) in [5.41, 5.74) is 1.04. The van der Waals surface area contributed by atoms with Gasteiger partial charge in [0.2, 0.25) is 5.91 Å². The molecule has 0 saturated heterocycles. The predicted molar refractivity (Wildman–Crippen MR) is 88.5 cm³/mol. The normalized spacial score (nSPS) is 11.6. The topological polar surface area (TPSA) is 60.5 Å². The van der Waals surface area contributed by atoms with Gasteiger partial charge in [0.1, 0.15) is 11.5 Å². The molecule has 1 amide bonds. The van der Waals surface area contributed by atoms with E-state index in [0.29, 0.717) is 19.4 Å². The summed E-state index contributed by atoms with van der Waals surface area (Å²) >= 11 is 0. The molecule has 122 valence electrons. The zero-order valence-corrected chi connectivity index (χ0v) is 13.5. The van der Waals surface area contributed by atoms with Gasteiger partial charge in [0.05, 0.1) is 19.8 Å². The first kappa shape index (κ1) is 16.8. The molecule has 1 N–H and O–H groups in total. The Morgan fingerprint density at radius 2 is 1.78 bits per heavy atom. The summed E-state index contributed by atoms with van der Waals surface area (Å²) in [6, 6.07) is 11.2. The number of methoxy groups -OCH3 is 1. The van der Waals surface area contributed by atoms with E-state index < -0.39 is 0 Å². The average molecular weight is 314 g/mol. The molecule has 5 heteroatoms. The van der Waals surface area contributed by atoms with Crippen molar-refractivity contribution < 1.29 is 14.3 Å². The lowest BCUT2D eigenvalue weighted by atomic mass is 10.1. The van der Waals surface area contributed by atoms with E-state index in [1.54, 1.807) is 19.5 Å². The fourth-order valence-electron chi connectivity index (χ4n) is 2.14. The zero-order chi connectivity index (χ0) is 16.5. The van der Waals surface area contributed by atoms with Gasteiger partial charge in [-0.3, -0.25) is 9.78 Å². The Labute approximate surface area is 136 Å². The Hall–Kier alpha value is -2.56. The standard InChI is InChI=1S/C18H22N2O3/c1-14(15-9-11-19-12-10-15)20-18(21)4-3-13-23-17-7-5-16(22-2)6-8-17/h5-12,14H,3-4,13H2,1-2H3,(H,20,21)/t14-/m1/s1. The fourth-order valence-corrected chi connectivity index (χ4v) is 2.14. The molecule has 23 heavy (non-hydrogen) atoms. The lowest BCUT2D eigenvalue weighted by molar-refractivity contribution is -0.121.